The smallest absolute Gasteiger partial charge is 0.128 e. The molecule has 1 unspecified atom stereocenters. The SMILES string of the molecule is CC(Cl)c1nc2ccc(F)cc2n1Cc1ccccc1Cl. The first-order valence-electron chi connectivity index (χ1n) is 6.59. The highest BCUT2D eigenvalue weighted by Crippen LogP contribution is 2.27. The van der Waals surface area contributed by atoms with Crippen molar-refractivity contribution in [3.63, 3.8) is 0 Å². The summed E-state index contributed by atoms with van der Waals surface area (Å²) in [6.07, 6.45) is 0. The molecule has 2 nitrogen and oxygen atoms in total. The van der Waals surface area contributed by atoms with E-state index < -0.39 is 0 Å². The van der Waals surface area contributed by atoms with E-state index in [1.54, 1.807) is 6.07 Å². The lowest BCUT2D eigenvalue weighted by Crippen LogP contribution is -2.06. The van der Waals surface area contributed by atoms with Crippen molar-refractivity contribution in [2.45, 2.75) is 18.8 Å². The number of hydrogen-bond donors (Lipinski definition) is 0. The van der Waals surface area contributed by atoms with Gasteiger partial charge >= 0.3 is 0 Å². The van der Waals surface area contributed by atoms with Gasteiger partial charge in [-0.1, -0.05) is 29.8 Å². The van der Waals surface area contributed by atoms with Gasteiger partial charge in [-0.15, -0.1) is 11.6 Å². The highest BCUT2D eigenvalue weighted by molar-refractivity contribution is 6.31. The summed E-state index contributed by atoms with van der Waals surface area (Å²) >= 11 is 12.4. The molecule has 0 radical (unpaired) electrons. The van der Waals surface area contributed by atoms with Crippen LogP contribution in [-0.4, -0.2) is 9.55 Å². The third-order valence-electron chi connectivity index (χ3n) is 3.38. The van der Waals surface area contributed by atoms with Gasteiger partial charge in [0.05, 0.1) is 23.0 Å². The quantitative estimate of drug-likeness (QED) is 0.608. The number of imidazole rings is 1. The highest BCUT2D eigenvalue weighted by atomic mass is 35.5. The van der Waals surface area contributed by atoms with E-state index in [-0.39, 0.29) is 11.2 Å². The first kappa shape index (κ1) is 14.4. The Balaban J connectivity index is 2.17. The fourth-order valence-corrected chi connectivity index (χ4v) is 2.74. The van der Waals surface area contributed by atoms with E-state index in [9.17, 15) is 4.39 Å². The molecule has 0 amide bonds. The van der Waals surface area contributed by atoms with Gasteiger partial charge in [-0.25, -0.2) is 9.37 Å². The van der Waals surface area contributed by atoms with Gasteiger partial charge in [0.1, 0.15) is 11.6 Å². The molecule has 5 heteroatoms. The second-order valence-electron chi connectivity index (χ2n) is 4.90. The Morgan fingerprint density at radius 1 is 1.24 bits per heavy atom. The number of aromatic nitrogens is 2. The Labute approximate surface area is 132 Å². The van der Waals surface area contributed by atoms with Gasteiger partial charge in [-0.3, -0.25) is 0 Å². The molecule has 0 spiro atoms. The third-order valence-corrected chi connectivity index (χ3v) is 3.95. The van der Waals surface area contributed by atoms with Crippen LogP contribution in [0.4, 0.5) is 4.39 Å². The zero-order valence-corrected chi connectivity index (χ0v) is 12.9. The summed E-state index contributed by atoms with van der Waals surface area (Å²) in [7, 11) is 0. The lowest BCUT2D eigenvalue weighted by atomic mass is 10.2. The van der Waals surface area contributed by atoms with E-state index in [0.29, 0.717) is 17.4 Å². The molecule has 3 rings (SSSR count). The van der Waals surface area contributed by atoms with Gasteiger partial charge in [0.2, 0.25) is 0 Å². The van der Waals surface area contributed by atoms with Crippen LogP contribution < -0.4 is 0 Å². The summed E-state index contributed by atoms with van der Waals surface area (Å²) in [6, 6.07) is 12.1. The van der Waals surface area contributed by atoms with Crippen molar-refractivity contribution < 1.29 is 4.39 Å². The number of hydrogen-bond acceptors (Lipinski definition) is 1. The summed E-state index contributed by atoms with van der Waals surface area (Å²) in [5, 5.41) is 0.395. The van der Waals surface area contributed by atoms with Crippen LogP contribution in [0.15, 0.2) is 42.5 Å². The van der Waals surface area contributed by atoms with Crippen molar-refractivity contribution in [2.75, 3.05) is 0 Å². The molecule has 2 aromatic carbocycles. The fourth-order valence-electron chi connectivity index (χ4n) is 2.38. The maximum atomic E-state index is 13.5. The molecule has 0 aliphatic heterocycles. The van der Waals surface area contributed by atoms with E-state index in [1.165, 1.54) is 12.1 Å². The minimum atomic E-state index is -0.295. The molecule has 0 fully saturated rings. The first-order valence-corrected chi connectivity index (χ1v) is 7.41. The van der Waals surface area contributed by atoms with Crippen LogP contribution in [0.1, 0.15) is 23.7 Å². The predicted octanol–water partition coefficient (Wildman–Crippen LogP) is 5.18. The largest absolute Gasteiger partial charge is 0.322 e. The topological polar surface area (TPSA) is 17.8 Å². The molecule has 0 bridgehead atoms. The summed E-state index contributed by atoms with van der Waals surface area (Å²) in [5.41, 5.74) is 2.39. The van der Waals surface area contributed by atoms with Gasteiger partial charge in [0.15, 0.2) is 0 Å². The van der Waals surface area contributed by atoms with Crippen LogP contribution in [0.3, 0.4) is 0 Å². The Morgan fingerprint density at radius 3 is 2.71 bits per heavy atom. The molecule has 1 atom stereocenters. The maximum Gasteiger partial charge on any atom is 0.128 e. The van der Waals surface area contributed by atoms with Gasteiger partial charge in [0, 0.05) is 5.02 Å². The monoisotopic (exact) mass is 322 g/mol. The fraction of sp³-hybridized carbons (Fsp3) is 0.188. The van der Waals surface area contributed by atoms with E-state index in [2.05, 4.69) is 4.98 Å². The second kappa shape index (κ2) is 5.66. The lowest BCUT2D eigenvalue weighted by Gasteiger charge is -2.11. The number of rotatable bonds is 3. The zero-order chi connectivity index (χ0) is 15.0. The second-order valence-corrected chi connectivity index (χ2v) is 5.96. The number of halogens is 3. The van der Waals surface area contributed by atoms with E-state index >= 15 is 0 Å². The van der Waals surface area contributed by atoms with Crippen molar-refractivity contribution >= 4 is 34.2 Å². The maximum absolute atomic E-state index is 13.5. The molecule has 1 heterocycles. The molecule has 0 N–H and O–H groups in total. The highest BCUT2D eigenvalue weighted by Gasteiger charge is 2.16. The predicted molar refractivity (Wildman–Crippen MR) is 84.5 cm³/mol. The molecule has 0 aliphatic carbocycles. The molecular weight excluding hydrogens is 310 g/mol. The molecular formula is C16H13Cl2FN2. The number of fused-ring (bicyclic) bond motifs is 1. The third kappa shape index (κ3) is 2.76. The van der Waals surface area contributed by atoms with E-state index in [1.807, 2.05) is 35.8 Å². The van der Waals surface area contributed by atoms with Crippen molar-refractivity contribution in [3.05, 3.63) is 64.7 Å². The lowest BCUT2D eigenvalue weighted by molar-refractivity contribution is 0.628. The van der Waals surface area contributed by atoms with Gasteiger partial charge < -0.3 is 4.57 Å². The summed E-state index contributed by atoms with van der Waals surface area (Å²) in [4.78, 5) is 4.50. The minimum Gasteiger partial charge on any atom is -0.322 e. The van der Waals surface area contributed by atoms with Crippen LogP contribution >= 0.6 is 23.2 Å². The van der Waals surface area contributed by atoms with Crippen LogP contribution in [0.25, 0.3) is 11.0 Å². The molecule has 108 valence electrons. The minimum absolute atomic E-state index is 0.275. The average Bonchev–Trinajstić information content (AvgIpc) is 2.80. The Morgan fingerprint density at radius 2 is 2.00 bits per heavy atom. The van der Waals surface area contributed by atoms with E-state index in [4.69, 9.17) is 23.2 Å². The Hall–Kier alpha value is -1.58. The van der Waals surface area contributed by atoms with Gasteiger partial charge in [-0.2, -0.15) is 0 Å². The standard InChI is InChI=1S/C16H13Cl2FN2/c1-10(17)16-20-14-7-6-12(19)8-15(14)21(16)9-11-4-2-3-5-13(11)18/h2-8,10H,9H2,1H3. The van der Waals surface area contributed by atoms with Crippen molar-refractivity contribution in [1.29, 1.82) is 0 Å². The Kier molecular flexibility index (Phi) is 3.87. The molecule has 0 saturated heterocycles. The van der Waals surface area contributed by atoms with Gasteiger partial charge in [-0.05, 0) is 36.8 Å². The van der Waals surface area contributed by atoms with Crippen molar-refractivity contribution in [2.24, 2.45) is 0 Å². The van der Waals surface area contributed by atoms with E-state index in [0.717, 1.165) is 16.6 Å². The van der Waals surface area contributed by atoms with Crippen molar-refractivity contribution in [1.82, 2.24) is 9.55 Å². The van der Waals surface area contributed by atoms with Crippen LogP contribution in [0.2, 0.25) is 5.02 Å². The van der Waals surface area contributed by atoms with Gasteiger partial charge in [0.25, 0.3) is 0 Å². The zero-order valence-electron chi connectivity index (χ0n) is 11.4. The molecule has 0 saturated carbocycles. The number of benzene rings is 2. The Bertz CT molecular complexity index is 796. The van der Waals surface area contributed by atoms with Crippen LogP contribution in [-0.2, 0) is 6.54 Å². The number of nitrogens with zero attached hydrogens (tertiary/aromatic N) is 2. The van der Waals surface area contributed by atoms with Crippen LogP contribution in [0, 0.1) is 5.82 Å². The summed E-state index contributed by atoms with van der Waals surface area (Å²) in [5.74, 6) is 0.411. The normalized spacial score (nSPS) is 12.8. The molecule has 0 aliphatic rings. The average molecular weight is 323 g/mol. The first-order chi connectivity index (χ1) is 10.1. The molecule has 21 heavy (non-hydrogen) atoms. The summed E-state index contributed by atoms with van der Waals surface area (Å²) < 4.78 is 15.5. The molecule has 3 aromatic rings. The number of alkyl halides is 1. The summed E-state index contributed by atoms with van der Waals surface area (Å²) in [6.45, 7) is 2.36. The van der Waals surface area contributed by atoms with Crippen LogP contribution in [0.5, 0.6) is 0 Å². The molecule has 1 aromatic heterocycles. The van der Waals surface area contributed by atoms with Crippen molar-refractivity contribution in [3.8, 4) is 0 Å².